The summed E-state index contributed by atoms with van der Waals surface area (Å²) in [6.45, 7) is 3.57. The Morgan fingerprint density at radius 2 is 1.58 bits per heavy atom. The number of carboxylic acids is 1. The first-order chi connectivity index (χ1) is 15.8. The van der Waals surface area contributed by atoms with Crippen LogP contribution in [0.3, 0.4) is 0 Å². The lowest BCUT2D eigenvalue weighted by Crippen LogP contribution is -2.53. The lowest BCUT2D eigenvalue weighted by molar-refractivity contribution is -0.143. The number of carboxylic acid groups (broad SMARTS) is 1. The molecule has 0 unspecified atom stereocenters. The van der Waals surface area contributed by atoms with Crippen molar-refractivity contribution in [3.05, 3.63) is 59.7 Å². The van der Waals surface area contributed by atoms with Gasteiger partial charge >= 0.3 is 12.1 Å². The van der Waals surface area contributed by atoms with Gasteiger partial charge < -0.3 is 20.5 Å². The Morgan fingerprint density at radius 1 is 1.00 bits per heavy atom. The quantitative estimate of drug-likeness (QED) is 0.487. The van der Waals surface area contributed by atoms with E-state index in [1.807, 2.05) is 42.7 Å². The highest BCUT2D eigenvalue weighted by atomic mass is 32.2. The zero-order valence-corrected chi connectivity index (χ0v) is 19.9. The molecule has 2 aromatic rings. The number of hydrogen-bond donors (Lipinski definition) is 3. The van der Waals surface area contributed by atoms with E-state index in [-0.39, 0.29) is 18.4 Å². The average Bonchev–Trinajstić information content (AvgIpc) is 3.12. The number of thioether (sulfide) groups is 1. The third-order valence-corrected chi connectivity index (χ3v) is 6.44. The molecular formula is C25H30N2O5S. The van der Waals surface area contributed by atoms with Crippen molar-refractivity contribution in [1.82, 2.24) is 10.6 Å². The van der Waals surface area contributed by atoms with E-state index in [1.165, 1.54) is 11.8 Å². The number of ether oxygens (including phenoxy) is 1. The molecule has 3 rings (SSSR count). The van der Waals surface area contributed by atoms with Crippen molar-refractivity contribution >= 4 is 29.7 Å². The van der Waals surface area contributed by atoms with Crippen molar-refractivity contribution in [2.75, 3.05) is 18.6 Å². The first kappa shape index (κ1) is 24.6. The summed E-state index contributed by atoms with van der Waals surface area (Å²) in [7, 11) is 0. The summed E-state index contributed by atoms with van der Waals surface area (Å²) < 4.78 is 5.55. The molecule has 0 saturated carbocycles. The molecule has 2 amide bonds. The lowest BCUT2D eigenvalue weighted by Gasteiger charge is -2.23. The molecule has 0 saturated heterocycles. The minimum Gasteiger partial charge on any atom is -0.480 e. The van der Waals surface area contributed by atoms with Gasteiger partial charge in [-0.3, -0.25) is 4.79 Å². The fourth-order valence-electron chi connectivity index (χ4n) is 4.05. The number of amides is 2. The predicted molar refractivity (Wildman–Crippen MR) is 129 cm³/mol. The van der Waals surface area contributed by atoms with Crippen molar-refractivity contribution in [3.8, 4) is 11.1 Å². The molecule has 3 N–H and O–H groups in total. The van der Waals surface area contributed by atoms with Gasteiger partial charge in [0.25, 0.3) is 0 Å². The maximum Gasteiger partial charge on any atom is 0.407 e. The van der Waals surface area contributed by atoms with E-state index in [0.717, 1.165) is 22.3 Å². The molecule has 0 aromatic heterocycles. The van der Waals surface area contributed by atoms with Crippen molar-refractivity contribution in [2.45, 2.75) is 38.3 Å². The molecule has 2 aromatic carbocycles. The maximum atomic E-state index is 12.7. The predicted octanol–water partition coefficient (Wildman–Crippen LogP) is 3.87. The Balaban J connectivity index is 1.66. The van der Waals surface area contributed by atoms with Crippen molar-refractivity contribution < 1.29 is 24.2 Å². The average molecular weight is 471 g/mol. The number of benzene rings is 2. The standard InChI is InChI=1S/C25H30N2O5S/c1-15(2)22(24(29)30)27-23(28)21(12-13-33-3)26-25(31)32-14-20-18-10-6-4-8-16(18)17-9-5-7-11-19(17)20/h4-11,15,20-22H,12-14H2,1-3H3,(H,26,31)(H,27,28)(H,29,30)/t21-,22-/m0/s1. The number of carbonyl (C=O) groups excluding carboxylic acids is 2. The van der Waals surface area contributed by atoms with Gasteiger partial charge in [0, 0.05) is 5.92 Å². The summed E-state index contributed by atoms with van der Waals surface area (Å²) in [4.78, 5) is 36.8. The summed E-state index contributed by atoms with van der Waals surface area (Å²) in [5.74, 6) is -1.39. The summed E-state index contributed by atoms with van der Waals surface area (Å²) in [6, 6.07) is 14.2. The molecule has 7 nitrogen and oxygen atoms in total. The molecule has 0 aliphatic heterocycles. The van der Waals surface area contributed by atoms with Crippen LogP contribution in [-0.2, 0) is 14.3 Å². The van der Waals surface area contributed by atoms with Crippen LogP contribution in [0.4, 0.5) is 4.79 Å². The SMILES string of the molecule is CSCC[C@H](NC(=O)OCC1c2ccccc2-c2ccccc21)C(=O)N[C@H](C(=O)O)C(C)C. The Morgan fingerprint density at radius 3 is 2.09 bits per heavy atom. The fourth-order valence-corrected chi connectivity index (χ4v) is 4.53. The van der Waals surface area contributed by atoms with Crippen LogP contribution >= 0.6 is 11.8 Å². The van der Waals surface area contributed by atoms with Crippen LogP contribution in [-0.4, -0.2) is 53.8 Å². The Hall–Kier alpha value is -3.00. The highest BCUT2D eigenvalue weighted by Crippen LogP contribution is 2.44. The van der Waals surface area contributed by atoms with Crippen LogP contribution in [0.5, 0.6) is 0 Å². The first-order valence-corrected chi connectivity index (χ1v) is 12.4. The van der Waals surface area contributed by atoms with E-state index in [2.05, 4.69) is 22.8 Å². The van der Waals surface area contributed by atoms with E-state index in [9.17, 15) is 19.5 Å². The Kier molecular flexibility index (Phi) is 8.38. The molecule has 176 valence electrons. The van der Waals surface area contributed by atoms with Gasteiger partial charge in [-0.05, 0) is 46.6 Å². The number of carbonyl (C=O) groups is 3. The molecule has 1 aliphatic carbocycles. The normalized spacial score (nSPS) is 14.2. The number of hydrogen-bond acceptors (Lipinski definition) is 5. The summed E-state index contributed by atoms with van der Waals surface area (Å²) in [6.07, 6.45) is 1.56. The molecule has 0 fully saturated rings. The van der Waals surface area contributed by atoms with Gasteiger partial charge in [0.15, 0.2) is 0 Å². The second-order valence-corrected chi connectivity index (χ2v) is 9.36. The third-order valence-electron chi connectivity index (χ3n) is 5.79. The van der Waals surface area contributed by atoms with Crippen molar-refractivity contribution in [2.24, 2.45) is 5.92 Å². The molecule has 0 spiro atoms. The second kappa shape index (κ2) is 11.2. The zero-order valence-electron chi connectivity index (χ0n) is 19.0. The van der Waals surface area contributed by atoms with Crippen LogP contribution in [0.25, 0.3) is 11.1 Å². The first-order valence-electron chi connectivity index (χ1n) is 11.0. The lowest BCUT2D eigenvalue weighted by atomic mass is 9.98. The number of nitrogens with one attached hydrogen (secondary N) is 2. The molecule has 1 aliphatic rings. The topological polar surface area (TPSA) is 105 Å². The van der Waals surface area contributed by atoms with Crippen LogP contribution < -0.4 is 10.6 Å². The summed E-state index contributed by atoms with van der Waals surface area (Å²) in [5.41, 5.74) is 4.47. The van der Waals surface area contributed by atoms with Crippen LogP contribution in [0, 0.1) is 5.92 Å². The third kappa shape index (κ3) is 5.87. The number of alkyl carbamates (subject to hydrolysis) is 1. The molecule has 2 atom stereocenters. The summed E-state index contributed by atoms with van der Waals surface area (Å²) >= 11 is 1.54. The van der Waals surface area contributed by atoms with Crippen LogP contribution in [0.2, 0.25) is 0 Å². The molecule has 33 heavy (non-hydrogen) atoms. The smallest absolute Gasteiger partial charge is 0.407 e. The second-order valence-electron chi connectivity index (χ2n) is 8.37. The van der Waals surface area contributed by atoms with Gasteiger partial charge in [-0.15, -0.1) is 0 Å². The Labute approximate surface area is 198 Å². The fraction of sp³-hybridized carbons (Fsp3) is 0.400. The van der Waals surface area contributed by atoms with E-state index < -0.39 is 30.1 Å². The zero-order chi connectivity index (χ0) is 24.0. The van der Waals surface area contributed by atoms with Gasteiger partial charge in [0.05, 0.1) is 0 Å². The number of rotatable bonds is 10. The van der Waals surface area contributed by atoms with E-state index >= 15 is 0 Å². The molecule has 8 heteroatoms. The molecular weight excluding hydrogens is 440 g/mol. The molecule has 0 bridgehead atoms. The van der Waals surface area contributed by atoms with Crippen LogP contribution in [0.15, 0.2) is 48.5 Å². The number of aliphatic carboxylic acids is 1. The monoisotopic (exact) mass is 470 g/mol. The van der Waals surface area contributed by atoms with Gasteiger partial charge in [-0.25, -0.2) is 9.59 Å². The highest BCUT2D eigenvalue weighted by molar-refractivity contribution is 7.98. The van der Waals surface area contributed by atoms with Gasteiger partial charge in [0.2, 0.25) is 5.91 Å². The minimum absolute atomic E-state index is 0.0843. The Bertz CT molecular complexity index is 964. The van der Waals surface area contributed by atoms with Crippen molar-refractivity contribution in [3.63, 3.8) is 0 Å². The molecule has 0 radical (unpaired) electrons. The number of fused-ring (bicyclic) bond motifs is 3. The summed E-state index contributed by atoms with van der Waals surface area (Å²) in [5, 5.41) is 14.5. The highest BCUT2D eigenvalue weighted by Gasteiger charge is 2.31. The van der Waals surface area contributed by atoms with E-state index in [1.54, 1.807) is 13.8 Å². The largest absolute Gasteiger partial charge is 0.480 e. The van der Waals surface area contributed by atoms with Gasteiger partial charge in [-0.1, -0.05) is 62.4 Å². The minimum atomic E-state index is -1.11. The maximum absolute atomic E-state index is 12.7. The van der Waals surface area contributed by atoms with Crippen molar-refractivity contribution in [1.29, 1.82) is 0 Å². The van der Waals surface area contributed by atoms with Crippen LogP contribution in [0.1, 0.15) is 37.3 Å². The molecule has 0 heterocycles. The van der Waals surface area contributed by atoms with E-state index in [0.29, 0.717) is 12.2 Å². The van der Waals surface area contributed by atoms with E-state index in [4.69, 9.17) is 4.74 Å². The van der Waals surface area contributed by atoms with Gasteiger partial charge in [-0.2, -0.15) is 11.8 Å². The van der Waals surface area contributed by atoms with Gasteiger partial charge in [0.1, 0.15) is 18.7 Å².